The number of aliphatic carboxylic acids is 1. The van der Waals surface area contributed by atoms with Crippen molar-refractivity contribution in [2.24, 2.45) is 11.8 Å². The number of hydrogen-bond acceptors (Lipinski definition) is 4. The van der Waals surface area contributed by atoms with E-state index in [1.807, 2.05) is 4.90 Å². The zero-order valence-electron chi connectivity index (χ0n) is 15.3. The van der Waals surface area contributed by atoms with Gasteiger partial charge in [-0.1, -0.05) is 17.7 Å². The Hall–Kier alpha value is -2.08. The van der Waals surface area contributed by atoms with E-state index >= 15 is 0 Å². The quantitative estimate of drug-likeness (QED) is 0.894. The number of benzene rings is 1. The lowest BCUT2D eigenvalue weighted by molar-refractivity contribution is -0.151. The van der Waals surface area contributed by atoms with Gasteiger partial charge in [0.15, 0.2) is 0 Å². The van der Waals surface area contributed by atoms with E-state index in [-0.39, 0.29) is 24.2 Å². The molecule has 3 heterocycles. The van der Waals surface area contributed by atoms with Crippen LogP contribution in [0.3, 0.4) is 0 Å². The number of hydrogen-bond donors (Lipinski definition) is 1. The summed E-state index contributed by atoms with van der Waals surface area (Å²) in [5.41, 5.74) is 2.40. The highest BCUT2D eigenvalue weighted by atomic mass is 16.5. The molecule has 0 aromatic heterocycles. The summed E-state index contributed by atoms with van der Waals surface area (Å²) >= 11 is 0. The Balaban J connectivity index is 1.46. The molecule has 26 heavy (non-hydrogen) atoms. The lowest BCUT2D eigenvalue weighted by Gasteiger charge is -2.43. The van der Waals surface area contributed by atoms with Crippen molar-refractivity contribution in [2.75, 3.05) is 24.5 Å². The number of carboxylic acids is 1. The van der Waals surface area contributed by atoms with Crippen LogP contribution < -0.4 is 4.90 Å². The van der Waals surface area contributed by atoms with Crippen molar-refractivity contribution in [3.63, 3.8) is 0 Å². The zero-order chi connectivity index (χ0) is 18.4. The minimum absolute atomic E-state index is 0.0417. The van der Waals surface area contributed by atoms with Gasteiger partial charge in [-0.25, -0.2) is 0 Å². The van der Waals surface area contributed by atoms with Gasteiger partial charge in [-0.05, 0) is 38.8 Å². The molecule has 4 rings (SSSR count). The molecule has 1 N–H and O–H groups in total. The van der Waals surface area contributed by atoms with E-state index in [4.69, 9.17) is 4.74 Å². The molecule has 3 aliphatic rings. The normalized spacial score (nSPS) is 33.5. The molecule has 1 aromatic carbocycles. The molecule has 2 bridgehead atoms. The van der Waals surface area contributed by atoms with Crippen LogP contribution in [0, 0.1) is 18.8 Å². The molecule has 0 spiro atoms. The van der Waals surface area contributed by atoms with E-state index in [9.17, 15) is 14.7 Å². The summed E-state index contributed by atoms with van der Waals surface area (Å²) in [5, 5.41) is 9.56. The summed E-state index contributed by atoms with van der Waals surface area (Å²) < 4.78 is 5.76. The van der Waals surface area contributed by atoms with Gasteiger partial charge in [0, 0.05) is 31.4 Å². The van der Waals surface area contributed by atoms with Crippen molar-refractivity contribution >= 4 is 17.6 Å². The first-order chi connectivity index (χ1) is 12.5. The standard InChI is InChI=1S/C20H26N2O4/c1-12-3-5-14(6-4-12)22-10-9-21(11-13(22)2)19(23)17-15-7-8-16(26-15)18(17)20(24)25/h3-6,13,15-18H,7-11H2,1-2H3,(H,24,25)/t13-,15-,16+,17-,18-/m0/s1. The predicted molar refractivity (Wildman–Crippen MR) is 97.1 cm³/mol. The van der Waals surface area contributed by atoms with Crippen LogP contribution in [0.25, 0.3) is 0 Å². The zero-order valence-corrected chi connectivity index (χ0v) is 15.3. The van der Waals surface area contributed by atoms with E-state index in [1.54, 1.807) is 0 Å². The summed E-state index contributed by atoms with van der Waals surface area (Å²) in [6, 6.07) is 8.63. The Morgan fingerprint density at radius 3 is 2.35 bits per heavy atom. The summed E-state index contributed by atoms with van der Waals surface area (Å²) in [7, 11) is 0. The molecular formula is C20H26N2O4. The molecule has 0 unspecified atom stereocenters. The maximum Gasteiger partial charge on any atom is 0.310 e. The van der Waals surface area contributed by atoms with Gasteiger partial charge >= 0.3 is 5.97 Å². The first kappa shape index (κ1) is 17.3. The maximum absolute atomic E-state index is 13.1. The van der Waals surface area contributed by atoms with Gasteiger partial charge in [0.2, 0.25) is 5.91 Å². The van der Waals surface area contributed by atoms with Crippen molar-refractivity contribution in [1.82, 2.24) is 4.90 Å². The van der Waals surface area contributed by atoms with Crippen LogP contribution in [-0.4, -0.2) is 59.8 Å². The number of ether oxygens (including phenoxy) is 1. The number of carbonyl (C=O) groups is 2. The van der Waals surface area contributed by atoms with E-state index in [1.165, 1.54) is 11.3 Å². The Morgan fingerprint density at radius 2 is 1.73 bits per heavy atom. The molecule has 3 saturated heterocycles. The van der Waals surface area contributed by atoms with Crippen LogP contribution in [-0.2, 0) is 14.3 Å². The molecule has 0 saturated carbocycles. The van der Waals surface area contributed by atoms with Crippen molar-refractivity contribution < 1.29 is 19.4 Å². The van der Waals surface area contributed by atoms with E-state index in [0.29, 0.717) is 13.1 Å². The fourth-order valence-electron chi connectivity index (χ4n) is 4.79. The second-order valence-electron chi connectivity index (χ2n) is 7.84. The number of aryl methyl sites for hydroxylation is 1. The van der Waals surface area contributed by atoms with Crippen molar-refractivity contribution in [1.29, 1.82) is 0 Å². The molecule has 6 nitrogen and oxygen atoms in total. The third kappa shape index (κ3) is 2.86. The molecule has 1 aromatic rings. The highest BCUT2D eigenvalue weighted by Gasteiger charge is 2.56. The van der Waals surface area contributed by atoms with Gasteiger partial charge in [0.1, 0.15) is 0 Å². The SMILES string of the molecule is Cc1ccc(N2CCN(C(=O)[C@@H]3[C@@H](C(=O)O)[C@H]4CC[C@@H]3O4)C[C@@H]2C)cc1. The van der Waals surface area contributed by atoms with Gasteiger partial charge in [-0.2, -0.15) is 0 Å². The van der Waals surface area contributed by atoms with Crippen LogP contribution in [0.4, 0.5) is 5.69 Å². The second kappa shape index (κ2) is 6.58. The van der Waals surface area contributed by atoms with Gasteiger partial charge in [-0.15, -0.1) is 0 Å². The number of fused-ring (bicyclic) bond motifs is 2. The molecule has 140 valence electrons. The summed E-state index contributed by atoms with van der Waals surface area (Å²) in [6.07, 6.45) is 1.03. The molecule has 6 heteroatoms. The number of carbonyl (C=O) groups excluding carboxylic acids is 1. The largest absolute Gasteiger partial charge is 0.481 e. The van der Waals surface area contributed by atoms with Gasteiger partial charge in [0.05, 0.1) is 24.0 Å². The third-order valence-corrected chi connectivity index (χ3v) is 6.15. The number of nitrogens with zero attached hydrogens (tertiary/aromatic N) is 2. The van der Waals surface area contributed by atoms with Gasteiger partial charge < -0.3 is 19.6 Å². The van der Waals surface area contributed by atoms with Crippen molar-refractivity contribution in [3.8, 4) is 0 Å². The number of rotatable bonds is 3. The van der Waals surface area contributed by atoms with Crippen LogP contribution >= 0.6 is 0 Å². The van der Waals surface area contributed by atoms with Crippen LogP contribution in [0.1, 0.15) is 25.3 Å². The van der Waals surface area contributed by atoms with Gasteiger partial charge in [-0.3, -0.25) is 9.59 Å². The molecule has 1 amide bonds. The number of anilines is 1. The highest BCUT2D eigenvalue weighted by molar-refractivity contribution is 5.87. The van der Waals surface area contributed by atoms with Crippen LogP contribution in [0.15, 0.2) is 24.3 Å². The first-order valence-corrected chi connectivity index (χ1v) is 9.46. The highest BCUT2D eigenvalue weighted by Crippen LogP contribution is 2.44. The fraction of sp³-hybridized carbons (Fsp3) is 0.600. The number of piperazine rings is 1. The average Bonchev–Trinajstić information content (AvgIpc) is 3.23. The minimum atomic E-state index is -0.901. The lowest BCUT2D eigenvalue weighted by Crippen LogP contribution is -2.56. The molecule has 5 atom stereocenters. The molecule has 3 fully saturated rings. The minimum Gasteiger partial charge on any atom is -0.481 e. The Kier molecular flexibility index (Phi) is 4.39. The summed E-state index contributed by atoms with van der Waals surface area (Å²) in [5.74, 6) is -2.15. The Labute approximate surface area is 153 Å². The lowest BCUT2D eigenvalue weighted by atomic mass is 9.78. The monoisotopic (exact) mass is 358 g/mol. The molecule has 0 aliphatic carbocycles. The number of amides is 1. The average molecular weight is 358 g/mol. The Bertz CT molecular complexity index is 704. The Morgan fingerprint density at radius 1 is 1.08 bits per heavy atom. The smallest absolute Gasteiger partial charge is 0.310 e. The van der Waals surface area contributed by atoms with E-state index < -0.39 is 17.8 Å². The number of carboxylic acid groups (broad SMARTS) is 1. The summed E-state index contributed by atoms with van der Waals surface area (Å²) in [4.78, 5) is 28.9. The topological polar surface area (TPSA) is 70.1 Å². The molecular weight excluding hydrogens is 332 g/mol. The van der Waals surface area contributed by atoms with E-state index in [2.05, 4.69) is 43.0 Å². The third-order valence-electron chi connectivity index (χ3n) is 6.15. The van der Waals surface area contributed by atoms with Crippen LogP contribution in [0.2, 0.25) is 0 Å². The van der Waals surface area contributed by atoms with Crippen molar-refractivity contribution in [3.05, 3.63) is 29.8 Å². The van der Waals surface area contributed by atoms with Gasteiger partial charge in [0.25, 0.3) is 0 Å². The predicted octanol–water partition coefficient (Wildman–Crippen LogP) is 1.91. The van der Waals surface area contributed by atoms with Crippen molar-refractivity contribution in [2.45, 2.75) is 44.9 Å². The molecule has 0 radical (unpaired) electrons. The maximum atomic E-state index is 13.1. The van der Waals surface area contributed by atoms with Crippen LogP contribution in [0.5, 0.6) is 0 Å². The second-order valence-corrected chi connectivity index (χ2v) is 7.84. The fourth-order valence-corrected chi connectivity index (χ4v) is 4.79. The summed E-state index contributed by atoms with van der Waals surface area (Å²) in [6.45, 7) is 6.19. The van der Waals surface area contributed by atoms with E-state index in [0.717, 1.165) is 19.4 Å². The molecule has 3 aliphatic heterocycles. The first-order valence-electron chi connectivity index (χ1n) is 9.46.